The Morgan fingerprint density at radius 3 is 3.22 bits per heavy atom. The molecule has 1 aliphatic carbocycles. The van der Waals surface area contributed by atoms with Crippen molar-refractivity contribution in [2.24, 2.45) is 5.92 Å². The van der Waals surface area contributed by atoms with Crippen molar-refractivity contribution in [2.45, 2.75) is 26.2 Å². The number of thiophene rings is 1. The number of anilines is 1. The van der Waals surface area contributed by atoms with Crippen LogP contribution in [0.15, 0.2) is 28.1 Å². The lowest BCUT2D eigenvalue weighted by molar-refractivity contribution is 0.102. The number of fused-ring (bicyclic) bond motifs is 2. The van der Waals surface area contributed by atoms with Gasteiger partial charge in [-0.25, -0.2) is 0 Å². The molecule has 4 rings (SSSR count). The van der Waals surface area contributed by atoms with Gasteiger partial charge in [0.05, 0.1) is 11.1 Å². The number of hydrogen-bond acceptors (Lipinski definition) is 3. The van der Waals surface area contributed by atoms with Gasteiger partial charge in [0.2, 0.25) is 0 Å². The number of amides is 1. The molecule has 0 saturated carbocycles. The van der Waals surface area contributed by atoms with Gasteiger partial charge in [-0.3, -0.25) is 9.89 Å². The van der Waals surface area contributed by atoms with Crippen LogP contribution in [0.5, 0.6) is 0 Å². The molecule has 2 aromatic heterocycles. The summed E-state index contributed by atoms with van der Waals surface area (Å²) in [6.07, 6.45) is 3.24. The smallest absolute Gasteiger partial charge is 0.258 e. The Hall–Kier alpha value is -1.66. The molecule has 0 saturated heterocycles. The minimum Gasteiger partial charge on any atom is -0.305 e. The third-order valence-corrected chi connectivity index (χ3v) is 5.95. The molecule has 1 amide bonds. The molecular formula is C17H16BrN3OS. The second kappa shape index (κ2) is 5.76. The summed E-state index contributed by atoms with van der Waals surface area (Å²) in [5.41, 5.74) is 2.94. The molecule has 1 aromatic carbocycles. The molecule has 0 fully saturated rings. The number of aromatic nitrogens is 2. The standard InChI is InChI=1S/C17H16BrN3OS/c1-9-2-4-11-13(8-23-15(11)6-9)17(22)19-16-12-7-10(18)3-5-14(12)20-21-16/h3,5,7-9H,2,4,6H2,1H3,(H2,19,20,21,22). The molecule has 4 nitrogen and oxygen atoms in total. The summed E-state index contributed by atoms with van der Waals surface area (Å²) in [5, 5.41) is 13.0. The third-order valence-electron chi connectivity index (χ3n) is 4.40. The zero-order valence-electron chi connectivity index (χ0n) is 12.6. The van der Waals surface area contributed by atoms with E-state index in [4.69, 9.17) is 0 Å². The first kappa shape index (κ1) is 14.9. The number of hydrogen-bond donors (Lipinski definition) is 2. The van der Waals surface area contributed by atoms with Crippen molar-refractivity contribution >= 4 is 49.9 Å². The van der Waals surface area contributed by atoms with Crippen LogP contribution in [-0.4, -0.2) is 16.1 Å². The first-order valence-corrected chi connectivity index (χ1v) is 9.33. The highest BCUT2D eigenvalue weighted by Crippen LogP contribution is 2.33. The summed E-state index contributed by atoms with van der Waals surface area (Å²) in [6, 6.07) is 5.84. The Kier molecular flexibility index (Phi) is 3.73. The predicted octanol–water partition coefficient (Wildman–Crippen LogP) is 4.76. The lowest BCUT2D eigenvalue weighted by atomic mass is 9.88. The van der Waals surface area contributed by atoms with Crippen molar-refractivity contribution in [3.05, 3.63) is 44.1 Å². The Morgan fingerprint density at radius 1 is 1.48 bits per heavy atom. The van der Waals surface area contributed by atoms with Crippen molar-refractivity contribution in [2.75, 3.05) is 5.32 Å². The number of H-pyrrole nitrogens is 1. The lowest BCUT2D eigenvalue weighted by Gasteiger charge is -2.18. The normalized spacial score (nSPS) is 17.2. The zero-order valence-corrected chi connectivity index (χ0v) is 15.1. The largest absolute Gasteiger partial charge is 0.305 e. The minimum atomic E-state index is -0.0644. The monoisotopic (exact) mass is 389 g/mol. The van der Waals surface area contributed by atoms with Crippen molar-refractivity contribution < 1.29 is 4.79 Å². The molecule has 0 radical (unpaired) electrons. The van der Waals surface area contributed by atoms with E-state index >= 15 is 0 Å². The van der Waals surface area contributed by atoms with Gasteiger partial charge in [-0.1, -0.05) is 22.9 Å². The van der Waals surface area contributed by atoms with Gasteiger partial charge in [0.1, 0.15) is 0 Å². The van der Waals surface area contributed by atoms with E-state index in [2.05, 4.69) is 38.4 Å². The average molecular weight is 390 g/mol. The maximum Gasteiger partial charge on any atom is 0.258 e. The Bertz CT molecular complexity index is 899. The van der Waals surface area contributed by atoms with Crippen LogP contribution in [0.4, 0.5) is 5.82 Å². The summed E-state index contributed by atoms with van der Waals surface area (Å²) < 4.78 is 0.962. The van der Waals surface area contributed by atoms with Gasteiger partial charge >= 0.3 is 0 Å². The Labute approximate surface area is 146 Å². The summed E-state index contributed by atoms with van der Waals surface area (Å²) in [5.74, 6) is 1.23. The predicted molar refractivity (Wildman–Crippen MR) is 97.3 cm³/mol. The highest BCUT2D eigenvalue weighted by molar-refractivity contribution is 9.10. The maximum absolute atomic E-state index is 12.7. The number of rotatable bonds is 2. The van der Waals surface area contributed by atoms with Crippen LogP contribution in [0.3, 0.4) is 0 Å². The van der Waals surface area contributed by atoms with Crippen LogP contribution < -0.4 is 5.32 Å². The molecule has 0 spiro atoms. The van der Waals surface area contributed by atoms with E-state index in [1.54, 1.807) is 11.3 Å². The molecule has 2 N–H and O–H groups in total. The van der Waals surface area contributed by atoms with Gasteiger partial charge in [-0.15, -0.1) is 11.3 Å². The van der Waals surface area contributed by atoms with Gasteiger partial charge in [-0.2, -0.15) is 5.10 Å². The number of nitrogens with one attached hydrogen (secondary N) is 2. The fourth-order valence-electron chi connectivity index (χ4n) is 3.12. The van der Waals surface area contributed by atoms with E-state index in [9.17, 15) is 4.79 Å². The third kappa shape index (κ3) is 2.70. The second-order valence-corrected chi connectivity index (χ2v) is 8.00. The quantitative estimate of drug-likeness (QED) is 0.663. The number of halogens is 1. The molecule has 0 aliphatic heterocycles. The van der Waals surface area contributed by atoms with Crippen molar-refractivity contribution in [1.29, 1.82) is 0 Å². The number of carbonyl (C=O) groups is 1. The molecule has 1 aliphatic rings. The molecule has 1 unspecified atom stereocenters. The van der Waals surface area contributed by atoms with Crippen molar-refractivity contribution in [3.8, 4) is 0 Å². The molecule has 6 heteroatoms. The summed E-state index contributed by atoms with van der Waals surface area (Å²) >= 11 is 5.16. The first-order valence-electron chi connectivity index (χ1n) is 7.66. The van der Waals surface area contributed by atoms with Crippen LogP contribution in [0.2, 0.25) is 0 Å². The van der Waals surface area contributed by atoms with Crippen molar-refractivity contribution in [3.63, 3.8) is 0 Å². The highest BCUT2D eigenvalue weighted by Gasteiger charge is 2.23. The van der Waals surface area contributed by atoms with E-state index in [0.29, 0.717) is 11.7 Å². The van der Waals surface area contributed by atoms with Gasteiger partial charge in [-0.05, 0) is 48.9 Å². The van der Waals surface area contributed by atoms with Crippen LogP contribution in [0.1, 0.15) is 34.1 Å². The van der Waals surface area contributed by atoms with Crippen LogP contribution >= 0.6 is 27.3 Å². The second-order valence-electron chi connectivity index (χ2n) is 6.12. The number of carbonyl (C=O) groups excluding carboxylic acids is 1. The zero-order chi connectivity index (χ0) is 16.0. The van der Waals surface area contributed by atoms with E-state index in [1.165, 1.54) is 10.4 Å². The fourth-order valence-corrected chi connectivity index (χ4v) is 4.73. The van der Waals surface area contributed by atoms with Gasteiger partial charge in [0.25, 0.3) is 5.91 Å². The Morgan fingerprint density at radius 2 is 2.35 bits per heavy atom. The number of benzene rings is 1. The van der Waals surface area contributed by atoms with Crippen LogP contribution in [0, 0.1) is 5.92 Å². The number of aromatic amines is 1. The molecule has 3 aromatic rings. The number of nitrogens with zero attached hydrogens (tertiary/aromatic N) is 1. The van der Waals surface area contributed by atoms with Crippen molar-refractivity contribution in [1.82, 2.24) is 10.2 Å². The van der Waals surface area contributed by atoms with Crippen LogP contribution in [-0.2, 0) is 12.8 Å². The fraction of sp³-hybridized carbons (Fsp3) is 0.294. The maximum atomic E-state index is 12.7. The highest BCUT2D eigenvalue weighted by atomic mass is 79.9. The van der Waals surface area contributed by atoms with E-state index in [1.807, 2.05) is 23.6 Å². The summed E-state index contributed by atoms with van der Waals surface area (Å²) in [7, 11) is 0. The van der Waals surface area contributed by atoms with Crippen LogP contribution in [0.25, 0.3) is 10.9 Å². The van der Waals surface area contributed by atoms with Gasteiger partial charge in [0, 0.05) is 20.1 Å². The molecule has 2 heterocycles. The summed E-state index contributed by atoms with van der Waals surface area (Å²) in [6.45, 7) is 2.27. The summed E-state index contributed by atoms with van der Waals surface area (Å²) in [4.78, 5) is 14.0. The SMILES string of the molecule is CC1CCc2c(C(=O)Nc3n[nH]c4ccc(Br)cc34)csc2C1. The molecule has 0 bridgehead atoms. The molecule has 118 valence electrons. The molecule has 23 heavy (non-hydrogen) atoms. The van der Waals surface area contributed by atoms with E-state index in [0.717, 1.165) is 40.2 Å². The van der Waals surface area contributed by atoms with E-state index < -0.39 is 0 Å². The Balaban J connectivity index is 1.64. The van der Waals surface area contributed by atoms with Gasteiger partial charge < -0.3 is 5.32 Å². The minimum absolute atomic E-state index is 0.0644. The average Bonchev–Trinajstić information content (AvgIpc) is 3.11. The first-order chi connectivity index (χ1) is 11.1. The lowest BCUT2D eigenvalue weighted by Crippen LogP contribution is -2.16. The molecule has 1 atom stereocenters. The van der Waals surface area contributed by atoms with Gasteiger partial charge in [0.15, 0.2) is 5.82 Å². The topological polar surface area (TPSA) is 57.8 Å². The van der Waals surface area contributed by atoms with E-state index in [-0.39, 0.29) is 5.91 Å². The molecular weight excluding hydrogens is 374 g/mol.